The summed E-state index contributed by atoms with van der Waals surface area (Å²) >= 11 is 11.6. The third-order valence-electron chi connectivity index (χ3n) is 7.10. The Hall–Kier alpha value is -4.72. The summed E-state index contributed by atoms with van der Waals surface area (Å²) in [5, 5.41) is 18.2. The van der Waals surface area contributed by atoms with Crippen LogP contribution in [0.2, 0.25) is 10.0 Å². The van der Waals surface area contributed by atoms with Crippen LogP contribution in [0.1, 0.15) is 11.4 Å². The molecule has 20 heteroatoms. The Bertz CT molecular complexity index is 2260. The monoisotopic (exact) mass is 802 g/mol. The third kappa shape index (κ3) is 9.01. The van der Waals surface area contributed by atoms with Crippen molar-refractivity contribution in [2.75, 3.05) is 0 Å². The second-order valence-corrected chi connectivity index (χ2v) is 14.7. The summed E-state index contributed by atoms with van der Waals surface area (Å²) in [4.78, 5) is -0.310. The van der Waals surface area contributed by atoms with Gasteiger partial charge in [-0.05, 0) is 84.9 Å². The lowest BCUT2D eigenvalue weighted by atomic mass is 10.1. The highest BCUT2D eigenvalue weighted by atomic mass is 35.5. The number of alkyl halides is 6. The Morgan fingerprint density at radius 3 is 1.04 bits per heavy atom. The van der Waals surface area contributed by atoms with E-state index in [-0.39, 0.29) is 32.6 Å². The highest BCUT2D eigenvalue weighted by Crippen LogP contribution is 2.35. The molecule has 0 bridgehead atoms. The van der Waals surface area contributed by atoms with Gasteiger partial charge in [-0.1, -0.05) is 47.5 Å². The number of hydrogen-bond acceptors (Lipinski definition) is 6. The van der Waals surface area contributed by atoms with E-state index in [0.717, 1.165) is 21.5 Å². The number of primary sulfonamides is 2. The largest absolute Gasteiger partial charge is 0.435 e. The van der Waals surface area contributed by atoms with Crippen molar-refractivity contribution >= 4 is 43.2 Å². The lowest BCUT2D eigenvalue weighted by Gasteiger charge is -2.08. The van der Waals surface area contributed by atoms with Gasteiger partial charge in [0.05, 0.1) is 32.6 Å². The molecule has 0 saturated carbocycles. The molecule has 0 saturated heterocycles. The number of aromatic nitrogens is 4. The van der Waals surface area contributed by atoms with Crippen LogP contribution in [-0.4, -0.2) is 36.4 Å². The molecule has 4 aromatic carbocycles. The number of nitrogens with zero attached hydrogens (tertiary/aromatic N) is 4. The van der Waals surface area contributed by atoms with Gasteiger partial charge >= 0.3 is 12.4 Å². The summed E-state index contributed by atoms with van der Waals surface area (Å²) < 4.78 is 126. The van der Waals surface area contributed by atoms with E-state index in [1.54, 1.807) is 48.5 Å². The Morgan fingerprint density at radius 1 is 0.500 bits per heavy atom. The molecule has 6 rings (SSSR count). The molecule has 0 atom stereocenters. The lowest BCUT2D eigenvalue weighted by Crippen LogP contribution is -2.12. The van der Waals surface area contributed by atoms with E-state index < -0.39 is 43.8 Å². The first kappa shape index (κ1) is 38.5. The van der Waals surface area contributed by atoms with Gasteiger partial charge in [-0.2, -0.15) is 36.5 Å². The van der Waals surface area contributed by atoms with E-state index in [1.165, 1.54) is 48.5 Å². The zero-order valence-corrected chi connectivity index (χ0v) is 29.0. The molecular weight excluding hydrogens is 781 g/mol. The van der Waals surface area contributed by atoms with E-state index in [9.17, 15) is 43.2 Å². The van der Waals surface area contributed by atoms with E-state index in [0.29, 0.717) is 21.2 Å². The summed E-state index contributed by atoms with van der Waals surface area (Å²) in [6, 6.07) is 24.4. The minimum Gasteiger partial charge on any atom is -0.233 e. The number of halogens is 8. The van der Waals surface area contributed by atoms with E-state index in [1.807, 2.05) is 0 Å². The summed E-state index contributed by atoms with van der Waals surface area (Å²) in [5.74, 6) is 0. The maximum absolute atomic E-state index is 13.1. The molecule has 0 unspecified atom stereocenters. The van der Waals surface area contributed by atoms with Crippen LogP contribution in [0.15, 0.2) is 119 Å². The average molecular weight is 804 g/mol. The number of sulfonamides is 2. The first-order valence-electron chi connectivity index (χ1n) is 14.2. The van der Waals surface area contributed by atoms with Gasteiger partial charge in [0, 0.05) is 21.2 Å². The Morgan fingerprint density at radius 2 is 0.788 bits per heavy atom. The molecule has 0 aliphatic rings. The number of rotatable bonds is 6. The van der Waals surface area contributed by atoms with Crippen molar-refractivity contribution in [3.63, 3.8) is 0 Å². The first-order chi connectivity index (χ1) is 24.1. The topological polar surface area (TPSA) is 156 Å². The summed E-state index contributed by atoms with van der Waals surface area (Å²) in [6.45, 7) is 0. The smallest absolute Gasteiger partial charge is 0.233 e. The van der Waals surface area contributed by atoms with Crippen LogP contribution < -0.4 is 10.3 Å². The fraction of sp³-hybridized carbons (Fsp3) is 0.0625. The van der Waals surface area contributed by atoms with Crippen molar-refractivity contribution in [3.05, 3.63) is 131 Å². The minimum absolute atomic E-state index is 0.155. The molecule has 272 valence electrons. The molecular formula is C32H22Cl2F6N6O4S2. The number of hydrogen-bond donors (Lipinski definition) is 2. The summed E-state index contributed by atoms with van der Waals surface area (Å²) in [6.07, 6.45) is -9.26. The molecule has 0 fully saturated rings. The van der Waals surface area contributed by atoms with Gasteiger partial charge in [-0.15, -0.1) is 0 Å². The molecule has 4 N–H and O–H groups in total. The molecule has 52 heavy (non-hydrogen) atoms. The molecule has 2 heterocycles. The van der Waals surface area contributed by atoms with Crippen LogP contribution in [0, 0.1) is 0 Å². The Balaban J connectivity index is 0.000000201. The normalized spacial score (nSPS) is 12.3. The van der Waals surface area contributed by atoms with Crippen molar-refractivity contribution in [2.45, 2.75) is 22.1 Å². The second kappa shape index (κ2) is 14.4. The predicted octanol–water partition coefficient (Wildman–Crippen LogP) is 7.72. The summed E-state index contributed by atoms with van der Waals surface area (Å²) in [7, 11) is -7.82. The van der Waals surface area contributed by atoms with Crippen LogP contribution in [0.5, 0.6) is 0 Å². The van der Waals surface area contributed by atoms with E-state index in [4.69, 9.17) is 33.5 Å². The second-order valence-electron chi connectivity index (χ2n) is 10.7. The molecule has 0 aliphatic carbocycles. The van der Waals surface area contributed by atoms with Gasteiger partial charge in [-0.3, -0.25) is 0 Å². The molecule has 0 aliphatic heterocycles. The van der Waals surface area contributed by atoms with Crippen molar-refractivity contribution in [1.29, 1.82) is 0 Å². The average Bonchev–Trinajstić information content (AvgIpc) is 3.72. The predicted molar refractivity (Wildman–Crippen MR) is 181 cm³/mol. The fourth-order valence-electron chi connectivity index (χ4n) is 4.64. The molecule has 0 radical (unpaired) electrons. The van der Waals surface area contributed by atoms with E-state index in [2.05, 4.69) is 10.2 Å². The van der Waals surface area contributed by atoms with Crippen molar-refractivity contribution in [1.82, 2.24) is 19.6 Å². The highest BCUT2D eigenvalue weighted by Gasteiger charge is 2.36. The zero-order valence-electron chi connectivity index (χ0n) is 25.8. The quantitative estimate of drug-likeness (QED) is 0.164. The minimum atomic E-state index is -4.63. The molecule has 0 spiro atoms. The third-order valence-corrected chi connectivity index (χ3v) is 9.46. The van der Waals surface area contributed by atoms with Gasteiger partial charge in [-0.25, -0.2) is 36.5 Å². The van der Waals surface area contributed by atoms with Gasteiger partial charge in [0.2, 0.25) is 20.0 Å². The SMILES string of the molecule is NS(=O)(=O)c1ccc(-n2nc(C(F)(F)F)cc2-c2ccc(Cl)cc2)cc1.NS(=O)(=O)c1ccc(-n2nc(C(F)(F)F)cc2-c2ccc(Cl)cc2)cc1. The lowest BCUT2D eigenvalue weighted by molar-refractivity contribution is -0.142. The van der Waals surface area contributed by atoms with Gasteiger partial charge in [0.25, 0.3) is 0 Å². The first-order valence-corrected chi connectivity index (χ1v) is 18.1. The Labute approximate surface area is 301 Å². The summed E-state index contributed by atoms with van der Waals surface area (Å²) in [5.41, 5.74) is -0.359. The fourth-order valence-corrected chi connectivity index (χ4v) is 5.92. The molecule has 10 nitrogen and oxygen atoms in total. The number of nitrogens with two attached hydrogens (primary N) is 2. The molecule has 0 amide bonds. The Kier molecular flexibility index (Phi) is 10.6. The van der Waals surface area contributed by atoms with Crippen LogP contribution in [0.25, 0.3) is 33.9 Å². The van der Waals surface area contributed by atoms with E-state index >= 15 is 0 Å². The highest BCUT2D eigenvalue weighted by molar-refractivity contribution is 7.89. The van der Waals surface area contributed by atoms with Crippen molar-refractivity contribution in [2.24, 2.45) is 10.3 Å². The van der Waals surface area contributed by atoms with Crippen LogP contribution in [0.4, 0.5) is 26.3 Å². The van der Waals surface area contributed by atoms with Crippen molar-refractivity contribution < 1.29 is 43.2 Å². The molecule has 6 aromatic rings. The number of benzene rings is 4. The van der Waals surface area contributed by atoms with Gasteiger partial charge in [0.15, 0.2) is 11.4 Å². The van der Waals surface area contributed by atoms with Crippen LogP contribution in [-0.2, 0) is 32.4 Å². The maximum atomic E-state index is 13.1. The zero-order chi connectivity index (χ0) is 38.2. The van der Waals surface area contributed by atoms with Gasteiger partial charge in [0.1, 0.15) is 0 Å². The standard InChI is InChI=1S/2C16H11ClF3N3O2S/c2*17-11-3-1-10(2-4-11)14-9-15(16(18,19)20)22-23(14)12-5-7-13(8-6-12)26(21,24)25/h2*1-9H,(H2,21,24,25). The van der Waals surface area contributed by atoms with Crippen LogP contribution in [0.3, 0.4) is 0 Å². The van der Waals surface area contributed by atoms with Crippen molar-refractivity contribution in [3.8, 4) is 33.9 Å². The maximum Gasteiger partial charge on any atom is 0.435 e. The van der Waals surface area contributed by atoms with Gasteiger partial charge < -0.3 is 0 Å². The molecule has 2 aromatic heterocycles. The van der Waals surface area contributed by atoms with Crippen LogP contribution >= 0.6 is 23.2 Å².